The van der Waals surface area contributed by atoms with Gasteiger partial charge < -0.3 is 14.6 Å². The fourth-order valence-electron chi connectivity index (χ4n) is 1.65. The van der Waals surface area contributed by atoms with Crippen LogP contribution in [0.2, 0.25) is 0 Å². The maximum Gasteiger partial charge on any atom is 0.260 e. The molecule has 0 atom stereocenters. The van der Waals surface area contributed by atoms with Crippen molar-refractivity contribution < 1.29 is 14.6 Å². The first-order chi connectivity index (χ1) is 9.79. The standard InChI is InChI=1S/C16H19NO3/c1-2-3-11-19-15-10-9-14(18)16(17-15)20-12-13-7-5-4-6-8-13/h4-10,18H,2-3,11-12H2,1H3. The minimum atomic E-state index is 0.0174. The molecule has 0 amide bonds. The normalized spacial score (nSPS) is 10.2. The number of benzene rings is 1. The van der Waals surface area contributed by atoms with Gasteiger partial charge in [-0.3, -0.25) is 0 Å². The summed E-state index contributed by atoms with van der Waals surface area (Å²) in [7, 11) is 0. The van der Waals surface area contributed by atoms with Crippen LogP contribution in [0.3, 0.4) is 0 Å². The van der Waals surface area contributed by atoms with Crippen LogP contribution in [-0.4, -0.2) is 16.7 Å². The Bertz CT molecular complexity index is 529. The Hall–Kier alpha value is -2.23. The van der Waals surface area contributed by atoms with Crippen molar-refractivity contribution >= 4 is 0 Å². The Labute approximate surface area is 119 Å². The first kappa shape index (κ1) is 14.2. The summed E-state index contributed by atoms with van der Waals surface area (Å²) in [5.74, 6) is 0.686. The third-order valence-electron chi connectivity index (χ3n) is 2.78. The third kappa shape index (κ3) is 4.16. The van der Waals surface area contributed by atoms with E-state index in [-0.39, 0.29) is 11.6 Å². The number of hydrogen-bond donors (Lipinski definition) is 1. The zero-order chi connectivity index (χ0) is 14.2. The lowest BCUT2D eigenvalue weighted by atomic mass is 10.2. The minimum absolute atomic E-state index is 0.0174. The summed E-state index contributed by atoms with van der Waals surface area (Å²) in [6, 6.07) is 12.9. The van der Waals surface area contributed by atoms with Gasteiger partial charge >= 0.3 is 0 Å². The van der Waals surface area contributed by atoms with E-state index >= 15 is 0 Å². The molecule has 20 heavy (non-hydrogen) atoms. The quantitative estimate of drug-likeness (QED) is 0.784. The second-order valence-corrected chi connectivity index (χ2v) is 4.45. The number of hydrogen-bond acceptors (Lipinski definition) is 4. The zero-order valence-electron chi connectivity index (χ0n) is 11.6. The van der Waals surface area contributed by atoms with Crippen molar-refractivity contribution in [1.82, 2.24) is 4.98 Å². The first-order valence-corrected chi connectivity index (χ1v) is 6.79. The van der Waals surface area contributed by atoms with E-state index in [0.717, 1.165) is 18.4 Å². The van der Waals surface area contributed by atoms with Gasteiger partial charge in [0.25, 0.3) is 5.88 Å². The number of ether oxygens (including phenoxy) is 2. The Morgan fingerprint density at radius 3 is 2.60 bits per heavy atom. The molecule has 0 fully saturated rings. The highest BCUT2D eigenvalue weighted by atomic mass is 16.5. The van der Waals surface area contributed by atoms with Crippen LogP contribution >= 0.6 is 0 Å². The zero-order valence-corrected chi connectivity index (χ0v) is 11.6. The van der Waals surface area contributed by atoms with Crippen LogP contribution in [0, 0.1) is 0 Å². The van der Waals surface area contributed by atoms with E-state index in [1.807, 2.05) is 30.3 Å². The van der Waals surface area contributed by atoms with Gasteiger partial charge in [0, 0.05) is 6.07 Å². The predicted molar refractivity (Wildman–Crippen MR) is 77.1 cm³/mol. The molecule has 1 aromatic carbocycles. The highest BCUT2D eigenvalue weighted by Gasteiger charge is 2.07. The van der Waals surface area contributed by atoms with Gasteiger partial charge in [-0.2, -0.15) is 4.98 Å². The molecule has 0 radical (unpaired) electrons. The van der Waals surface area contributed by atoms with Gasteiger partial charge in [-0.05, 0) is 18.1 Å². The van der Waals surface area contributed by atoms with E-state index in [4.69, 9.17) is 9.47 Å². The molecule has 0 unspecified atom stereocenters. The number of nitrogens with zero attached hydrogens (tertiary/aromatic N) is 1. The fourth-order valence-corrected chi connectivity index (χ4v) is 1.65. The van der Waals surface area contributed by atoms with Crippen LogP contribution in [0.25, 0.3) is 0 Å². The van der Waals surface area contributed by atoms with Gasteiger partial charge in [0.15, 0.2) is 5.75 Å². The van der Waals surface area contributed by atoms with Crippen LogP contribution in [0.4, 0.5) is 0 Å². The van der Waals surface area contributed by atoms with Crippen LogP contribution in [0.5, 0.6) is 17.5 Å². The second kappa shape index (κ2) is 7.38. The van der Waals surface area contributed by atoms with Crippen LogP contribution in [0.15, 0.2) is 42.5 Å². The molecular formula is C16H19NO3. The first-order valence-electron chi connectivity index (χ1n) is 6.79. The summed E-state index contributed by atoms with van der Waals surface area (Å²) in [4.78, 5) is 4.16. The molecule has 0 saturated carbocycles. The monoisotopic (exact) mass is 273 g/mol. The number of rotatable bonds is 7. The third-order valence-corrected chi connectivity index (χ3v) is 2.78. The van der Waals surface area contributed by atoms with Gasteiger partial charge in [-0.15, -0.1) is 0 Å². The summed E-state index contributed by atoms with van der Waals surface area (Å²) in [6.45, 7) is 3.08. The lowest BCUT2D eigenvalue weighted by molar-refractivity contribution is 0.258. The number of aromatic nitrogens is 1. The molecule has 0 aliphatic carbocycles. The molecule has 0 bridgehead atoms. The molecule has 106 valence electrons. The molecular weight excluding hydrogens is 254 g/mol. The summed E-state index contributed by atoms with van der Waals surface area (Å²) >= 11 is 0. The van der Waals surface area contributed by atoms with Crippen molar-refractivity contribution in [2.75, 3.05) is 6.61 Å². The highest BCUT2D eigenvalue weighted by Crippen LogP contribution is 2.26. The molecule has 1 N–H and O–H groups in total. The summed E-state index contributed by atoms with van der Waals surface area (Å²) in [5.41, 5.74) is 1.02. The van der Waals surface area contributed by atoms with Gasteiger partial charge in [0.1, 0.15) is 6.61 Å². The van der Waals surface area contributed by atoms with E-state index in [9.17, 15) is 5.11 Å². The number of aromatic hydroxyl groups is 1. The Morgan fingerprint density at radius 1 is 1.05 bits per heavy atom. The molecule has 0 spiro atoms. The van der Waals surface area contributed by atoms with Crippen LogP contribution in [-0.2, 0) is 6.61 Å². The van der Waals surface area contributed by atoms with E-state index in [2.05, 4.69) is 11.9 Å². The molecule has 0 aliphatic heterocycles. The van der Waals surface area contributed by atoms with Crippen molar-refractivity contribution in [2.24, 2.45) is 0 Å². The van der Waals surface area contributed by atoms with Crippen LogP contribution in [0.1, 0.15) is 25.3 Å². The average Bonchev–Trinajstić information content (AvgIpc) is 2.49. The summed E-state index contributed by atoms with van der Waals surface area (Å²) in [5, 5.41) is 9.74. The average molecular weight is 273 g/mol. The van der Waals surface area contributed by atoms with Gasteiger partial charge in [-0.25, -0.2) is 0 Å². The summed E-state index contributed by atoms with van der Waals surface area (Å²) in [6.07, 6.45) is 2.04. The van der Waals surface area contributed by atoms with Crippen molar-refractivity contribution in [1.29, 1.82) is 0 Å². The SMILES string of the molecule is CCCCOc1ccc(O)c(OCc2ccccc2)n1. The molecule has 4 nitrogen and oxygen atoms in total. The smallest absolute Gasteiger partial charge is 0.260 e. The fraction of sp³-hybridized carbons (Fsp3) is 0.312. The molecule has 1 aromatic heterocycles. The Kier molecular flexibility index (Phi) is 5.24. The van der Waals surface area contributed by atoms with Crippen molar-refractivity contribution in [3.05, 3.63) is 48.0 Å². The van der Waals surface area contributed by atoms with E-state index in [1.54, 1.807) is 6.07 Å². The Morgan fingerprint density at radius 2 is 1.85 bits per heavy atom. The van der Waals surface area contributed by atoms with Gasteiger partial charge in [0.2, 0.25) is 5.88 Å². The maximum atomic E-state index is 9.74. The van der Waals surface area contributed by atoms with E-state index in [0.29, 0.717) is 19.1 Å². The highest BCUT2D eigenvalue weighted by molar-refractivity contribution is 5.35. The van der Waals surface area contributed by atoms with Gasteiger partial charge in [-0.1, -0.05) is 43.7 Å². The number of unbranched alkanes of at least 4 members (excludes halogenated alkanes) is 1. The molecule has 2 rings (SSSR count). The minimum Gasteiger partial charge on any atom is -0.503 e. The van der Waals surface area contributed by atoms with E-state index in [1.165, 1.54) is 6.07 Å². The van der Waals surface area contributed by atoms with Crippen molar-refractivity contribution in [3.8, 4) is 17.5 Å². The molecule has 2 aromatic rings. The molecule has 0 saturated heterocycles. The largest absolute Gasteiger partial charge is 0.503 e. The van der Waals surface area contributed by atoms with Gasteiger partial charge in [0.05, 0.1) is 6.61 Å². The molecule has 4 heteroatoms. The maximum absolute atomic E-state index is 9.74. The van der Waals surface area contributed by atoms with E-state index < -0.39 is 0 Å². The number of pyridine rings is 1. The lowest BCUT2D eigenvalue weighted by Gasteiger charge is -2.09. The van der Waals surface area contributed by atoms with Crippen LogP contribution < -0.4 is 9.47 Å². The lowest BCUT2D eigenvalue weighted by Crippen LogP contribution is -2.01. The summed E-state index contributed by atoms with van der Waals surface area (Å²) < 4.78 is 11.0. The van der Waals surface area contributed by atoms with Crippen molar-refractivity contribution in [2.45, 2.75) is 26.4 Å². The molecule has 0 aliphatic rings. The predicted octanol–water partition coefficient (Wildman–Crippen LogP) is 3.55. The van der Waals surface area contributed by atoms with Crippen molar-refractivity contribution in [3.63, 3.8) is 0 Å². The molecule has 1 heterocycles. The topological polar surface area (TPSA) is 51.6 Å². The second-order valence-electron chi connectivity index (χ2n) is 4.45. The Balaban J connectivity index is 1.97.